The van der Waals surface area contributed by atoms with Crippen LogP contribution in [0.15, 0.2) is 36.4 Å². The zero-order valence-corrected chi connectivity index (χ0v) is 11.6. The minimum atomic E-state index is 0.319. The molecule has 0 aromatic heterocycles. The summed E-state index contributed by atoms with van der Waals surface area (Å²) >= 11 is 5.94. The number of nitrogens with zero attached hydrogens (tertiary/aromatic N) is 1. The van der Waals surface area contributed by atoms with E-state index in [9.17, 15) is 0 Å². The van der Waals surface area contributed by atoms with Gasteiger partial charge in [-0.3, -0.25) is 0 Å². The second-order valence-corrected chi connectivity index (χ2v) is 5.39. The van der Waals surface area contributed by atoms with Gasteiger partial charge in [-0.05, 0) is 29.8 Å². The number of ether oxygens (including phenoxy) is 2. The van der Waals surface area contributed by atoms with Gasteiger partial charge >= 0.3 is 0 Å². The van der Waals surface area contributed by atoms with Gasteiger partial charge in [-0.15, -0.1) is 0 Å². The van der Waals surface area contributed by atoms with Gasteiger partial charge in [0.2, 0.25) is 12.5 Å². The normalized spacial score (nSPS) is 15.8. The van der Waals surface area contributed by atoms with Crippen LogP contribution in [0.3, 0.4) is 0 Å². The van der Waals surface area contributed by atoms with Crippen molar-refractivity contribution in [3.05, 3.63) is 52.5 Å². The zero-order valence-electron chi connectivity index (χ0n) is 10.8. The largest absolute Gasteiger partial charge is 0.454 e. The van der Waals surface area contributed by atoms with Crippen LogP contribution in [0, 0.1) is 0 Å². The molecule has 0 N–H and O–H groups in total. The second-order valence-electron chi connectivity index (χ2n) is 4.95. The number of halogens is 1. The lowest BCUT2D eigenvalue weighted by atomic mass is 10.0. The van der Waals surface area contributed by atoms with Gasteiger partial charge in [0.05, 0.1) is 0 Å². The average molecular weight is 287 g/mol. The van der Waals surface area contributed by atoms with Crippen molar-refractivity contribution in [2.45, 2.75) is 6.42 Å². The zero-order chi connectivity index (χ0) is 13.5. The molecule has 0 unspecified atom stereocenters. The van der Waals surface area contributed by atoms with Gasteiger partial charge in [0, 0.05) is 29.1 Å². The van der Waals surface area contributed by atoms with Crippen molar-refractivity contribution < 1.29 is 14.0 Å². The molecule has 4 heteroatoms. The third kappa shape index (κ3) is 1.95. The molecule has 0 saturated heterocycles. The summed E-state index contributed by atoms with van der Waals surface area (Å²) in [5.74, 6) is 1.69. The predicted molar refractivity (Wildman–Crippen MR) is 77.7 cm³/mol. The Morgan fingerprint density at radius 3 is 2.55 bits per heavy atom. The molecule has 100 valence electrons. The van der Waals surface area contributed by atoms with E-state index in [0.717, 1.165) is 35.2 Å². The van der Waals surface area contributed by atoms with Crippen LogP contribution in [0.4, 0.5) is 5.69 Å². The SMILES string of the molecule is Clc1ccc([N+]2=Cc3cc4c(cc3CC2)OCO4)cc1. The van der Waals surface area contributed by atoms with Crippen LogP contribution in [0.25, 0.3) is 0 Å². The summed E-state index contributed by atoms with van der Waals surface area (Å²) in [6.07, 6.45) is 3.15. The molecule has 0 atom stereocenters. The van der Waals surface area contributed by atoms with Gasteiger partial charge in [-0.2, -0.15) is 4.58 Å². The van der Waals surface area contributed by atoms with Gasteiger partial charge < -0.3 is 9.47 Å². The van der Waals surface area contributed by atoms with E-state index in [0.29, 0.717) is 6.79 Å². The van der Waals surface area contributed by atoms with Crippen LogP contribution in [0.1, 0.15) is 11.1 Å². The molecule has 2 heterocycles. The highest BCUT2D eigenvalue weighted by Crippen LogP contribution is 2.35. The van der Waals surface area contributed by atoms with Gasteiger partial charge in [0.15, 0.2) is 24.3 Å². The van der Waals surface area contributed by atoms with Crippen LogP contribution in [-0.4, -0.2) is 24.1 Å². The average Bonchev–Trinajstić information content (AvgIpc) is 2.92. The fraction of sp³-hybridized carbons (Fsp3) is 0.188. The Morgan fingerprint density at radius 2 is 1.75 bits per heavy atom. The fourth-order valence-electron chi connectivity index (χ4n) is 2.65. The van der Waals surface area contributed by atoms with E-state index in [4.69, 9.17) is 21.1 Å². The first-order chi connectivity index (χ1) is 9.79. The highest BCUT2D eigenvalue weighted by Gasteiger charge is 2.23. The van der Waals surface area contributed by atoms with Crippen LogP contribution < -0.4 is 9.47 Å². The van der Waals surface area contributed by atoms with E-state index >= 15 is 0 Å². The minimum absolute atomic E-state index is 0.319. The summed E-state index contributed by atoms with van der Waals surface area (Å²) in [5, 5.41) is 0.759. The monoisotopic (exact) mass is 286 g/mol. The number of hydrogen-bond donors (Lipinski definition) is 0. The summed E-state index contributed by atoms with van der Waals surface area (Å²) in [5.41, 5.74) is 3.65. The van der Waals surface area contributed by atoms with E-state index in [-0.39, 0.29) is 0 Å². The van der Waals surface area contributed by atoms with Crippen molar-refractivity contribution in [2.24, 2.45) is 0 Å². The molecule has 2 aliphatic rings. The Labute approximate surface area is 122 Å². The van der Waals surface area contributed by atoms with Crippen molar-refractivity contribution in [1.29, 1.82) is 0 Å². The first-order valence-electron chi connectivity index (χ1n) is 6.59. The van der Waals surface area contributed by atoms with Crippen molar-refractivity contribution in [3.8, 4) is 11.5 Å². The number of rotatable bonds is 1. The van der Waals surface area contributed by atoms with Crippen molar-refractivity contribution in [2.75, 3.05) is 13.3 Å². The summed E-state index contributed by atoms with van der Waals surface area (Å²) in [6, 6.07) is 12.1. The van der Waals surface area contributed by atoms with Gasteiger partial charge in [0.25, 0.3) is 0 Å². The summed E-state index contributed by atoms with van der Waals surface area (Å²) in [7, 11) is 0. The third-order valence-electron chi connectivity index (χ3n) is 3.71. The fourth-order valence-corrected chi connectivity index (χ4v) is 2.77. The smallest absolute Gasteiger partial charge is 0.231 e. The molecule has 0 radical (unpaired) electrons. The predicted octanol–water partition coefficient (Wildman–Crippen LogP) is 3.39. The first kappa shape index (κ1) is 11.8. The number of hydrogen-bond acceptors (Lipinski definition) is 2. The van der Waals surface area contributed by atoms with Gasteiger partial charge in [0.1, 0.15) is 0 Å². The van der Waals surface area contributed by atoms with Crippen molar-refractivity contribution in [3.63, 3.8) is 0 Å². The Morgan fingerprint density at radius 1 is 1.00 bits per heavy atom. The van der Waals surface area contributed by atoms with E-state index < -0.39 is 0 Å². The van der Waals surface area contributed by atoms with E-state index in [1.807, 2.05) is 24.3 Å². The molecular formula is C16H13ClNO2+. The molecule has 0 fully saturated rings. The van der Waals surface area contributed by atoms with Crippen LogP contribution in [0.5, 0.6) is 11.5 Å². The molecule has 0 spiro atoms. The Balaban J connectivity index is 1.76. The van der Waals surface area contributed by atoms with Crippen molar-refractivity contribution >= 4 is 23.5 Å². The minimum Gasteiger partial charge on any atom is -0.454 e. The van der Waals surface area contributed by atoms with E-state index in [1.165, 1.54) is 11.1 Å². The molecular weight excluding hydrogens is 274 g/mol. The third-order valence-corrected chi connectivity index (χ3v) is 3.96. The maximum absolute atomic E-state index is 5.94. The maximum Gasteiger partial charge on any atom is 0.231 e. The maximum atomic E-state index is 5.94. The molecule has 20 heavy (non-hydrogen) atoms. The summed E-state index contributed by atoms with van der Waals surface area (Å²) < 4.78 is 13.1. The number of fused-ring (bicyclic) bond motifs is 2. The van der Waals surface area contributed by atoms with Crippen LogP contribution in [0.2, 0.25) is 5.02 Å². The molecule has 4 rings (SSSR count). The lowest BCUT2D eigenvalue weighted by molar-refractivity contribution is -0.436. The standard InChI is InChI=1S/C16H13ClNO2/c17-13-1-3-14(4-2-13)18-6-5-11-7-15-16(20-10-19-15)8-12(11)9-18/h1-4,7-9H,5-6,10H2/q+1. The Bertz CT molecular complexity index is 707. The lowest BCUT2D eigenvalue weighted by Crippen LogP contribution is -2.18. The van der Waals surface area contributed by atoms with Crippen molar-refractivity contribution in [1.82, 2.24) is 0 Å². The van der Waals surface area contributed by atoms with E-state index in [2.05, 4.69) is 22.9 Å². The Kier molecular flexibility index (Phi) is 2.67. The highest BCUT2D eigenvalue weighted by molar-refractivity contribution is 6.30. The molecule has 2 aromatic carbocycles. The molecule has 0 saturated carbocycles. The lowest BCUT2D eigenvalue weighted by Gasteiger charge is -2.12. The van der Waals surface area contributed by atoms with Gasteiger partial charge in [-0.25, -0.2) is 0 Å². The molecule has 0 aliphatic carbocycles. The summed E-state index contributed by atoms with van der Waals surface area (Å²) in [4.78, 5) is 0. The van der Waals surface area contributed by atoms with Crippen LogP contribution in [-0.2, 0) is 6.42 Å². The van der Waals surface area contributed by atoms with E-state index in [1.54, 1.807) is 0 Å². The molecule has 2 aliphatic heterocycles. The molecule has 2 aromatic rings. The summed E-state index contributed by atoms with van der Waals surface area (Å²) in [6.45, 7) is 1.27. The first-order valence-corrected chi connectivity index (χ1v) is 6.97. The van der Waals surface area contributed by atoms with Crippen LogP contribution >= 0.6 is 11.6 Å². The highest BCUT2D eigenvalue weighted by atomic mass is 35.5. The molecule has 0 amide bonds. The topological polar surface area (TPSA) is 21.5 Å². The quantitative estimate of drug-likeness (QED) is 0.750. The Hall–Kier alpha value is -2.00. The molecule has 0 bridgehead atoms. The van der Waals surface area contributed by atoms with Gasteiger partial charge in [-0.1, -0.05) is 11.6 Å². The molecule has 3 nitrogen and oxygen atoms in total. The second kappa shape index (κ2) is 4.53. The number of benzene rings is 2.